The normalized spacial score (nSPS) is 17.6. The zero-order valence-corrected chi connectivity index (χ0v) is 17.8. The van der Waals surface area contributed by atoms with E-state index < -0.39 is 23.1 Å². The van der Waals surface area contributed by atoms with Crippen LogP contribution in [0.5, 0.6) is 17.2 Å². The second kappa shape index (κ2) is 8.50. The van der Waals surface area contributed by atoms with Crippen LogP contribution >= 0.6 is 0 Å². The summed E-state index contributed by atoms with van der Waals surface area (Å²) < 4.78 is 52.3. The van der Waals surface area contributed by atoms with Gasteiger partial charge in [-0.1, -0.05) is 24.6 Å². The number of rotatable bonds is 4. The third-order valence-electron chi connectivity index (χ3n) is 5.72. The molecule has 32 heavy (non-hydrogen) atoms. The van der Waals surface area contributed by atoms with Crippen molar-refractivity contribution in [3.8, 4) is 17.2 Å². The lowest BCUT2D eigenvalue weighted by atomic mass is 9.99. The minimum absolute atomic E-state index is 0.0713. The lowest BCUT2D eigenvalue weighted by molar-refractivity contribution is -0.154. The maximum absolute atomic E-state index is 13.9. The fraction of sp³-hybridized carbons (Fsp3) is 0.375. The van der Waals surface area contributed by atoms with Crippen LogP contribution in [0.15, 0.2) is 45.6 Å². The molecular formula is C24H24F3NO4. The molecule has 0 spiro atoms. The molecular weight excluding hydrogens is 423 g/mol. The number of phenols is 1. The van der Waals surface area contributed by atoms with E-state index in [1.807, 2.05) is 11.8 Å². The van der Waals surface area contributed by atoms with Crippen LogP contribution < -0.4 is 10.2 Å². The van der Waals surface area contributed by atoms with Crippen molar-refractivity contribution in [3.05, 3.63) is 63.5 Å². The number of nitrogens with zero attached hydrogens (tertiary/aromatic N) is 1. The molecule has 4 rings (SSSR count). The van der Waals surface area contributed by atoms with Gasteiger partial charge in [-0.2, -0.15) is 13.2 Å². The van der Waals surface area contributed by atoms with Gasteiger partial charge in [-0.3, -0.25) is 9.69 Å². The Hall–Kier alpha value is -3.00. The Bertz CT molecular complexity index is 1190. The molecule has 0 amide bonds. The Kier molecular flexibility index (Phi) is 5.90. The van der Waals surface area contributed by atoms with Gasteiger partial charge in [0.2, 0.25) is 11.2 Å². The minimum Gasteiger partial charge on any atom is -0.507 e. The molecule has 3 aromatic rings. The second-order valence-corrected chi connectivity index (χ2v) is 8.42. The number of aromatic hydroxyl groups is 1. The highest BCUT2D eigenvalue weighted by Gasteiger charge is 2.41. The van der Waals surface area contributed by atoms with E-state index in [-0.39, 0.29) is 34.6 Å². The molecule has 5 nitrogen and oxygen atoms in total. The largest absolute Gasteiger partial charge is 0.507 e. The Morgan fingerprint density at radius 2 is 1.91 bits per heavy atom. The van der Waals surface area contributed by atoms with Gasteiger partial charge >= 0.3 is 6.18 Å². The number of hydrogen-bond acceptors (Lipinski definition) is 5. The van der Waals surface area contributed by atoms with Crippen LogP contribution in [0.2, 0.25) is 0 Å². The fourth-order valence-electron chi connectivity index (χ4n) is 4.10. The molecule has 1 aliphatic rings. The molecule has 1 atom stereocenters. The van der Waals surface area contributed by atoms with Crippen molar-refractivity contribution in [2.24, 2.45) is 5.92 Å². The predicted octanol–water partition coefficient (Wildman–Crippen LogP) is 5.85. The van der Waals surface area contributed by atoms with Gasteiger partial charge in [0.05, 0.1) is 10.9 Å². The zero-order chi connectivity index (χ0) is 23.0. The molecule has 0 bridgehead atoms. The van der Waals surface area contributed by atoms with E-state index in [1.165, 1.54) is 24.3 Å². The quantitative estimate of drug-likeness (QED) is 0.544. The highest BCUT2D eigenvalue weighted by Crippen LogP contribution is 2.40. The molecule has 1 aromatic heterocycles. The molecule has 0 radical (unpaired) electrons. The van der Waals surface area contributed by atoms with E-state index in [0.717, 1.165) is 31.5 Å². The molecule has 0 unspecified atom stereocenters. The summed E-state index contributed by atoms with van der Waals surface area (Å²) in [5.74, 6) is -2.12. The number of likely N-dealkylation sites (tertiary alicyclic amines) is 1. The lowest BCUT2D eigenvalue weighted by Gasteiger charge is -2.31. The van der Waals surface area contributed by atoms with Crippen molar-refractivity contribution in [2.45, 2.75) is 39.4 Å². The van der Waals surface area contributed by atoms with E-state index >= 15 is 0 Å². The van der Waals surface area contributed by atoms with Gasteiger partial charge in [-0.05, 0) is 56.5 Å². The lowest BCUT2D eigenvalue weighted by Crippen LogP contribution is -2.33. The highest BCUT2D eigenvalue weighted by molar-refractivity contribution is 5.83. The van der Waals surface area contributed by atoms with Crippen LogP contribution in [0.1, 0.15) is 36.7 Å². The molecule has 170 valence electrons. The number of ether oxygens (including phenoxy) is 1. The average Bonchev–Trinajstić information content (AvgIpc) is 2.72. The summed E-state index contributed by atoms with van der Waals surface area (Å²) in [6, 6.07) is 8.88. The van der Waals surface area contributed by atoms with E-state index in [1.54, 1.807) is 12.1 Å². The van der Waals surface area contributed by atoms with Crippen molar-refractivity contribution in [2.75, 3.05) is 13.1 Å². The average molecular weight is 447 g/mol. The maximum Gasteiger partial charge on any atom is 0.453 e. The SMILES string of the molecule is Cc1ccc(Oc2c(C(F)(F)F)oc3c(CN4CCC[C@H](C)C4)c(O)ccc3c2=O)cc1. The van der Waals surface area contributed by atoms with Crippen LogP contribution in [-0.2, 0) is 12.7 Å². The van der Waals surface area contributed by atoms with Crippen molar-refractivity contribution in [3.63, 3.8) is 0 Å². The van der Waals surface area contributed by atoms with E-state index in [4.69, 9.17) is 9.15 Å². The number of piperidine rings is 1. The molecule has 0 aliphatic carbocycles. The number of phenolic OH excluding ortho intramolecular Hbond substituents is 1. The number of benzene rings is 2. The van der Waals surface area contributed by atoms with E-state index in [2.05, 4.69) is 6.92 Å². The van der Waals surface area contributed by atoms with Crippen LogP contribution in [0.3, 0.4) is 0 Å². The predicted molar refractivity (Wildman–Crippen MR) is 114 cm³/mol. The molecule has 1 fully saturated rings. The Morgan fingerprint density at radius 3 is 2.56 bits per heavy atom. The summed E-state index contributed by atoms with van der Waals surface area (Å²) in [5, 5.41) is 10.3. The van der Waals surface area contributed by atoms with Crippen LogP contribution in [0, 0.1) is 12.8 Å². The van der Waals surface area contributed by atoms with Gasteiger partial charge in [0.1, 0.15) is 17.1 Å². The van der Waals surface area contributed by atoms with Crippen molar-refractivity contribution in [1.82, 2.24) is 4.90 Å². The number of fused-ring (bicyclic) bond motifs is 1. The molecule has 1 aliphatic heterocycles. The molecule has 2 heterocycles. The van der Waals surface area contributed by atoms with Crippen LogP contribution in [0.25, 0.3) is 11.0 Å². The van der Waals surface area contributed by atoms with Crippen LogP contribution in [0.4, 0.5) is 13.2 Å². The van der Waals surface area contributed by atoms with Gasteiger partial charge in [0, 0.05) is 13.1 Å². The smallest absolute Gasteiger partial charge is 0.453 e. The van der Waals surface area contributed by atoms with Crippen LogP contribution in [-0.4, -0.2) is 23.1 Å². The zero-order valence-electron chi connectivity index (χ0n) is 17.8. The second-order valence-electron chi connectivity index (χ2n) is 8.42. The van der Waals surface area contributed by atoms with E-state index in [0.29, 0.717) is 5.92 Å². The van der Waals surface area contributed by atoms with Crippen molar-refractivity contribution >= 4 is 11.0 Å². The highest BCUT2D eigenvalue weighted by atomic mass is 19.4. The van der Waals surface area contributed by atoms with Crippen molar-refractivity contribution in [1.29, 1.82) is 0 Å². The monoisotopic (exact) mass is 447 g/mol. The number of alkyl halides is 3. The topological polar surface area (TPSA) is 62.9 Å². The summed E-state index contributed by atoms with van der Waals surface area (Å²) >= 11 is 0. The molecule has 8 heteroatoms. The Balaban J connectivity index is 1.85. The van der Waals surface area contributed by atoms with E-state index in [9.17, 15) is 23.1 Å². The molecule has 0 saturated carbocycles. The number of aryl methyl sites for hydroxylation is 1. The third kappa shape index (κ3) is 4.46. The summed E-state index contributed by atoms with van der Waals surface area (Å²) in [7, 11) is 0. The summed E-state index contributed by atoms with van der Waals surface area (Å²) in [5.41, 5.74) is -0.142. The van der Waals surface area contributed by atoms with Crippen molar-refractivity contribution < 1.29 is 27.4 Å². The molecule has 1 N–H and O–H groups in total. The standard InChI is InChI=1S/C24H24F3NO4/c1-14-5-7-16(8-6-14)31-22-20(30)17-9-10-19(29)18(13-28-11-3-4-15(2)12-28)21(17)32-23(22)24(25,26)27/h5-10,15,29H,3-4,11-13H2,1-2H3/t15-/m0/s1. The first-order valence-corrected chi connectivity index (χ1v) is 10.5. The summed E-state index contributed by atoms with van der Waals surface area (Å²) in [6.45, 7) is 5.62. The first-order chi connectivity index (χ1) is 15.1. The Morgan fingerprint density at radius 1 is 1.19 bits per heavy atom. The number of halogens is 3. The summed E-state index contributed by atoms with van der Waals surface area (Å²) in [4.78, 5) is 15.1. The van der Waals surface area contributed by atoms with Gasteiger partial charge in [-0.25, -0.2) is 0 Å². The molecule has 2 aromatic carbocycles. The molecule has 1 saturated heterocycles. The van der Waals surface area contributed by atoms with Gasteiger partial charge in [-0.15, -0.1) is 0 Å². The van der Waals surface area contributed by atoms with Gasteiger partial charge in [0.15, 0.2) is 0 Å². The van der Waals surface area contributed by atoms with Gasteiger partial charge < -0.3 is 14.3 Å². The number of hydrogen-bond donors (Lipinski definition) is 1. The van der Waals surface area contributed by atoms with Gasteiger partial charge in [0.25, 0.3) is 5.76 Å². The Labute approximate surface area is 183 Å². The fourth-order valence-corrected chi connectivity index (χ4v) is 4.10. The minimum atomic E-state index is -4.96. The third-order valence-corrected chi connectivity index (χ3v) is 5.72. The summed E-state index contributed by atoms with van der Waals surface area (Å²) in [6.07, 6.45) is -2.93. The first kappa shape index (κ1) is 22.2. The first-order valence-electron chi connectivity index (χ1n) is 10.5. The maximum atomic E-state index is 13.9.